The fraction of sp³-hybridized carbons (Fsp3) is 0.385. The van der Waals surface area contributed by atoms with Crippen molar-refractivity contribution in [2.24, 2.45) is 5.41 Å². The van der Waals surface area contributed by atoms with E-state index in [-0.39, 0.29) is 0 Å². The molecule has 0 spiro atoms. The SMILES string of the molecule is CC(C)(C)C(NC(=O)c1ccc(N)cc1)C(=O)O. The first-order valence-corrected chi connectivity index (χ1v) is 5.61. The summed E-state index contributed by atoms with van der Waals surface area (Å²) in [5, 5.41) is 11.6. The van der Waals surface area contributed by atoms with E-state index in [1.807, 2.05) is 0 Å². The fourth-order valence-corrected chi connectivity index (χ4v) is 1.50. The van der Waals surface area contributed by atoms with Crippen molar-refractivity contribution < 1.29 is 14.7 Å². The zero-order valence-electron chi connectivity index (χ0n) is 10.7. The number of aliphatic carboxylic acids is 1. The number of nitrogens with two attached hydrogens (primary N) is 1. The largest absolute Gasteiger partial charge is 0.480 e. The first kappa shape index (κ1) is 14.0. The maximum atomic E-state index is 11.9. The summed E-state index contributed by atoms with van der Waals surface area (Å²) in [6.45, 7) is 5.28. The van der Waals surface area contributed by atoms with E-state index in [1.165, 1.54) is 0 Å². The number of carboxylic acid groups (broad SMARTS) is 1. The second-order valence-electron chi connectivity index (χ2n) is 5.23. The van der Waals surface area contributed by atoms with Crippen LogP contribution in [-0.2, 0) is 4.79 Å². The molecule has 0 fully saturated rings. The van der Waals surface area contributed by atoms with E-state index in [4.69, 9.17) is 10.8 Å². The number of nitrogen functional groups attached to an aromatic ring is 1. The summed E-state index contributed by atoms with van der Waals surface area (Å²) in [5.74, 6) is -1.47. The van der Waals surface area contributed by atoms with Crippen molar-refractivity contribution in [3.63, 3.8) is 0 Å². The number of amides is 1. The molecule has 0 saturated heterocycles. The van der Waals surface area contributed by atoms with Gasteiger partial charge in [0.25, 0.3) is 5.91 Å². The highest BCUT2D eigenvalue weighted by molar-refractivity contribution is 5.97. The van der Waals surface area contributed by atoms with Gasteiger partial charge in [-0.1, -0.05) is 20.8 Å². The van der Waals surface area contributed by atoms with Crippen LogP contribution in [0.15, 0.2) is 24.3 Å². The molecule has 1 aromatic carbocycles. The summed E-state index contributed by atoms with van der Waals surface area (Å²) in [7, 11) is 0. The lowest BCUT2D eigenvalue weighted by molar-refractivity contribution is -0.142. The van der Waals surface area contributed by atoms with Crippen molar-refractivity contribution in [2.75, 3.05) is 5.73 Å². The van der Waals surface area contributed by atoms with Crippen LogP contribution in [0.3, 0.4) is 0 Å². The lowest BCUT2D eigenvalue weighted by Crippen LogP contribution is -2.49. The molecule has 18 heavy (non-hydrogen) atoms. The molecule has 0 bridgehead atoms. The lowest BCUT2D eigenvalue weighted by atomic mass is 9.86. The van der Waals surface area contributed by atoms with Crippen LogP contribution in [-0.4, -0.2) is 23.0 Å². The number of nitrogens with one attached hydrogen (secondary N) is 1. The number of carboxylic acids is 1. The van der Waals surface area contributed by atoms with Crippen molar-refractivity contribution >= 4 is 17.6 Å². The molecule has 98 valence electrons. The van der Waals surface area contributed by atoms with Crippen molar-refractivity contribution in [3.05, 3.63) is 29.8 Å². The van der Waals surface area contributed by atoms with Crippen LogP contribution in [0.2, 0.25) is 0 Å². The molecule has 0 aliphatic heterocycles. The average molecular weight is 250 g/mol. The van der Waals surface area contributed by atoms with Gasteiger partial charge in [-0.2, -0.15) is 0 Å². The van der Waals surface area contributed by atoms with Gasteiger partial charge in [0.2, 0.25) is 0 Å². The second-order valence-corrected chi connectivity index (χ2v) is 5.23. The third-order valence-corrected chi connectivity index (χ3v) is 2.56. The van der Waals surface area contributed by atoms with Gasteiger partial charge in [-0.3, -0.25) is 4.79 Å². The zero-order valence-corrected chi connectivity index (χ0v) is 10.7. The molecule has 1 unspecified atom stereocenters. The van der Waals surface area contributed by atoms with Gasteiger partial charge in [-0.15, -0.1) is 0 Å². The molecule has 1 rings (SSSR count). The van der Waals surface area contributed by atoms with Gasteiger partial charge in [0, 0.05) is 11.3 Å². The van der Waals surface area contributed by atoms with Crippen LogP contribution >= 0.6 is 0 Å². The number of hydrogen-bond donors (Lipinski definition) is 3. The van der Waals surface area contributed by atoms with Gasteiger partial charge in [0.1, 0.15) is 6.04 Å². The van der Waals surface area contributed by atoms with Crippen molar-refractivity contribution in [3.8, 4) is 0 Å². The number of carbonyl (C=O) groups excluding carboxylic acids is 1. The van der Waals surface area contributed by atoms with E-state index >= 15 is 0 Å². The predicted molar refractivity (Wildman–Crippen MR) is 69.2 cm³/mol. The molecular weight excluding hydrogens is 232 g/mol. The maximum absolute atomic E-state index is 11.9. The topological polar surface area (TPSA) is 92.4 Å². The average Bonchev–Trinajstić information content (AvgIpc) is 2.24. The van der Waals surface area contributed by atoms with Gasteiger partial charge in [-0.05, 0) is 29.7 Å². The number of hydrogen-bond acceptors (Lipinski definition) is 3. The van der Waals surface area contributed by atoms with Crippen molar-refractivity contribution in [1.29, 1.82) is 0 Å². The molecule has 0 aliphatic carbocycles. The van der Waals surface area contributed by atoms with E-state index in [2.05, 4.69) is 5.32 Å². The molecule has 5 heteroatoms. The summed E-state index contributed by atoms with van der Waals surface area (Å²) < 4.78 is 0. The highest BCUT2D eigenvalue weighted by Gasteiger charge is 2.32. The first-order chi connectivity index (χ1) is 8.21. The van der Waals surface area contributed by atoms with Crippen LogP contribution in [0.1, 0.15) is 31.1 Å². The van der Waals surface area contributed by atoms with Gasteiger partial charge < -0.3 is 16.2 Å². The first-order valence-electron chi connectivity index (χ1n) is 5.61. The molecule has 5 nitrogen and oxygen atoms in total. The van der Waals surface area contributed by atoms with E-state index in [0.717, 1.165) is 0 Å². The lowest BCUT2D eigenvalue weighted by Gasteiger charge is -2.27. The van der Waals surface area contributed by atoms with Crippen LogP contribution in [0.25, 0.3) is 0 Å². The fourth-order valence-electron chi connectivity index (χ4n) is 1.50. The Labute approximate surface area is 106 Å². The highest BCUT2D eigenvalue weighted by Crippen LogP contribution is 2.20. The minimum absolute atomic E-state index is 0.389. The summed E-state index contributed by atoms with van der Waals surface area (Å²) in [6, 6.07) is 5.38. The molecule has 0 radical (unpaired) electrons. The Bertz CT molecular complexity index is 446. The van der Waals surface area contributed by atoms with Crippen molar-refractivity contribution in [1.82, 2.24) is 5.32 Å². The van der Waals surface area contributed by atoms with E-state index < -0.39 is 23.3 Å². The predicted octanol–water partition coefficient (Wildman–Crippen LogP) is 1.50. The molecule has 1 amide bonds. The van der Waals surface area contributed by atoms with E-state index in [9.17, 15) is 9.59 Å². The summed E-state index contributed by atoms with van der Waals surface area (Å²) in [6.07, 6.45) is 0. The molecule has 1 aromatic rings. The van der Waals surface area contributed by atoms with Crippen LogP contribution < -0.4 is 11.1 Å². The third kappa shape index (κ3) is 3.48. The van der Waals surface area contributed by atoms with Gasteiger partial charge >= 0.3 is 5.97 Å². The number of rotatable bonds is 3. The maximum Gasteiger partial charge on any atom is 0.326 e. The molecular formula is C13H18N2O3. The molecule has 0 saturated carbocycles. The quantitative estimate of drug-likeness (QED) is 0.709. The van der Waals surface area contributed by atoms with Gasteiger partial charge in [0.05, 0.1) is 0 Å². The highest BCUT2D eigenvalue weighted by atomic mass is 16.4. The molecule has 0 aliphatic rings. The van der Waals surface area contributed by atoms with E-state index in [0.29, 0.717) is 11.3 Å². The Hall–Kier alpha value is -2.04. The number of benzene rings is 1. The number of anilines is 1. The van der Waals surface area contributed by atoms with Crippen LogP contribution in [0.5, 0.6) is 0 Å². The summed E-state index contributed by atoms with van der Waals surface area (Å²) in [5.41, 5.74) is 5.90. The molecule has 0 aromatic heterocycles. The Kier molecular flexibility index (Phi) is 3.96. The molecule has 1 atom stereocenters. The summed E-state index contributed by atoms with van der Waals surface area (Å²) >= 11 is 0. The third-order valence-electron chi connectivity index (χ3n) is 2.56. The normalized spacial score (nSPS) is 12.8. The van der Waals surface area contributed by atoms with Gasteiger partial charge in [-0.25, -0.2) is 4.79 Å². The molecule has 0 heterocycles. The molecule has 4 N–H and O–H groups in total. The zero-order chi connectivity index (χ0) is 13.9. The minimum atomic E-state index is -1.05. The Morgan fingerprint density at radius 1 is 1.22 bits per heavy atom. The van der Waals surface area contributed by atoms with Gasteiger partial charge in [0.15, 0.2) is 0 Å². The standard InChI is InChI=1S/C13H18N2O3/c1-13(2,3)10(12(17)18)15-11(16)8-4-6-9(14)7-5-8/h4-7,10H,14H2,1-3H3,(H,15,16)(H,17,18). The Morgan fingerprint density at radius 2 is 1.72 bits per heavy atom. The Morgan fingerprint density at radius 3 is 2.11 bits per heavy atom. The second kappa shape index (κ2) is 5.08. The summed E-state index contributed by atoms with van der Waals surface area (Å²) in [4.78, 5) is 23.0. The smallest absolute Gasteiger partial charge is 0.326 e. The minimum Gasteiger partial charge on any atom is -0.480 e. The van der Waals surface area contributed by atoms with Crippen LogP contribution in [0, 0.1) is 5.41 Å². The van der Waals surface area contributed by atoms with Crippen LogP contribution in [0.4, 0.5) is 5.69 Å². The van der Waals surface area contributed by atoms with Crippen molar-refractivity contribution in [2.45, 2.75) is 26.8 Å². The monoisotopic (exact) mass is 250 g/mol. The Balaban J connectivity index is 2.86. The number of carbonyl (C=O) groups is 2. The van der Waals surface area contributed by atoms with E-state index in [1.54, 1.807) is 45.0 Å².